The van der Waals surface area contributed by atoms with E-state index in [0.717, 1.165) is 35.7 Å². The molecule has 0 amide bonds. The van der Waals surface area contributed by atoms with Crippen LogP contribution in [0.1, 0.15) is 38.7 Å². The summed E-state index contributed by atoms with van der Waals surface area (Å²) < 4.78 is 15.6. The molecule has 0 atom stereocenters. The molecule has 1 N–H and O–H groups in total. The summed E-state index contributed by atoms with van der Waals surface area (Å²) in [6, 6.07) is 4.86. The van der Waals surface area contributed by atoms with Gasteiger partial charge >= 0.3 is 0 Å². The molecule has 1 aromatic heterocycles. The Morgan fingerprint density at radius 3 is 2.89 bits per heavy atom. The molecule has 0 bridgehead atoms. The molecule has 1 aromatic carbocycles. The number of aromatic nitrogens is 2. The Bertz CT molecular complexity index is 628. The number of hydrogen-bond donors (Lipinski definition) is 1. The molecule has 0 saturated carbocycles. The van der Waals surface area contributed by atoms with Crippen LogP contribution in [0.2, 0.25) is 0 Å². The fourth-order valence-corrected chi connectivity index (χ4v) is 2.70. The van der Waals surface area contributed by atoms with Crippen LogP contribution in [0.25, 0.3) is 5.69 Å². The monoisotopic (exact) mass is 259 g/mol. The van der Waals surface area contributed by atoms with E-state index in [-0.39, 0.29) is 11.4 Å². The van der Waals surface area contributed by atoms with Crippen LogP contribution in [0.15, 0.2) is 24.4 Å². The minimum absolute atomic E-state index is 0.205. The highest BCUT2D eigenvalue weighted by Crippen LogP contribution is 2.38. The largest absolute Gasteiger partial charge is 0.373 e. The standard InChI is InChI=1S/C15H18FN3/c1-4-5-14-17-9-13-15(2,3)18-11-7-6-10(16)8-12(11)19(13)14/h6-9,18H,4-5H2,1-3H3. The molecule has 3 nitrogen and oxygen atoms in total. The van der Waals surface area contributed by atoms with E-state index in [9.17, 15) is 4.39 Å². The van der Waals surface area contributed by atoms with Gasteiger partial charge in [0.2, 0.25) is 0 Å². The van der Waals surface area contributed by atoms with Crippen molar-refractivity contribution >= 4 is 5.69 Å². The van der Waals surface area contributed by atoms with Gasteiger partial charge in [-0.3, -0.25) is 4.57 Å². The van der Waals surface area contributed by atoms with E-state index >= 15 is 0 Å². The predicted octanol–water partition coefficient (Wildman–Crippen LogP) is 3.62. The average molecular weight is 259 g/mol. The lowest BCUT2D eigenvalue weighted by Crippen LogP contribution is -2.35. The fraction of sp³-hybridized carbons (Fsp3) is 0.400. The van der Waals surface area contributed by atoms with Crippen LogP contribution in [0.5, 0.6) is 0 Å². The maximum absolute atomic E-state index is 13.5. The van der Waals surface area contributed by atoms with Gasteiger partial charge in [-0.1, -0.05) is 6.92 Å². The molecule has 3 rings (SSSR count). The molecule has 1 aliphatic rings. The topological polar surface area (TPSA) is 29.9 Å². The highest BCUT2D eigenvalue weighted by Gasteiger charge is 2.32. The zero-order valence-corrected chi connectivity index (χ0v) is 11.5. The van der Waals surface area contributed by atoms with Crippen LogP contribution in [0, 0.1) is 5.82 Å². The molecule has 4 heteroatoms. The fourth-order valence-electron chi connectivity index (χ4n) is 2.70. The summed E-state index contributed by atoms with van der Waals surface area (Å²) in [6.45, 7) is 6.35. The lowest BCUT2D eigenvalue weighted by atomic mass is 9.97. The van der Waals surface area contributed by atoms with E-state index in [1.54, 1.807) is 12.1 Å². The normalized spacial score (nSPS) is 15.6. The number of fused-ring (bicyclic) bond motifs is 3. The number of rotatable bonds is 2. The number of imidazole rings is 1. The second kappa shape index (κ2) is 4.08. The van der Waals surface area contributed by atoms with Crippen molar-refractivity contribution in [1.82, 2.24) is 9.55 Å². The Kier molecular flexibility index (Phi) is 2.62. The third kappa shape index (κ3) is 1.82. The summed E-state index contributed by atoms with van der Waals surface area (Å²) in [5.74, 6) is 0.779. The van der Waals surface area contributed by atoms with E-state index in [2.05, 4.69) is 35.6 Å². The first-order valence-corrected chi connectivity index (χ1v) is 6.68. The zero-order chi connectivity index (χ0) is 13.6. The van der Waals surface area contributed by atoms with Gasteiger partial charge in [-0.05, 0) is 32.4 Å². The Morgan fingerprint density at radius 1 is 1.37 bits per heavy atom. The third-order valence-corrected chi connectivity index (χ3v) is 3.60. The number of aryl methyl sites for hydroxylation is 1. The summed E-state index contributed by atoms with van der Waals surface area (Å²) in [4.78, 5) is 4.51. The molecule has 1 aliphatic heterocycles. The minimum Gasteiger partial charge on any atom is -0.373 e. The third-order valence-electron chi connectivity index (χ3n) is 3.60. The molecule has 0 fully saturated rings. The van der Waals surface area contributed by atoms with Gasteiger partial charge in [0.1, 0.15) is 11.6 Å². The second-order valence-corrected chi connectivity index (χ2v) is 5.56. The predicted molar refractivity (Wildman–Crippen MR) is 74.2 cm³/mol. The molecule has 100 valence electrons. The molecule has 19 heavy (non-hydrogen) atoms. The van der Waals surface area contributed by atoms with Gasteiger partial charge < -0.3 is 5.32 Å². The highest BCUT2D eigenvalue weighted by atomic mass is 19.1. The number of hydrogen-bond acceptors (Lipinski definition) is 2. The van der Waals surface area contributed by atoms with Gasteiger partial charge in [0.15, 0.2) is 0 Å². The number of anilines is 1. The first-order valence-electron chi connectivity index (χ1n) is 6.68. The summed E-state index contributed by atoms with van der Waals surface area (Å²) in [5.41, 5.74) is 2.68. The van der Waals surface area contributed by atoms with Gasteiger partial charge in [0, 0.05) is 12.5 Å². The van der Waals surface area contributed by atoms with Gasteiger partial charge in [-0.25, -0.2) is 9.37 Å². The molecular weight excluding hydrogens is 241 g/mol. The van der Waals surface area contributed by atoms with E-state index in [4.69, 9.17) is 0 Å². The van der Waals surface area contributed by atoms with Crippen LogP contribution in [-0.2, 0) is 12.0 Å². The van der Waals surface area contributed by atoms with E-state index < -0.39 is 0 Å². The van der Waals surface area contributed by atoms with Crippen LogP contribution >= 0.6 is 0 Å². The summed E-state index contributed by atoms with van der Waals surface area (Å²) in [7, 11) is 0. The lowest BCUT2D eigenvalue weighted by molar-refractivity contribution is 0.550. The Morgan fingerprint density at radius 2 is 2.16 bits per heavy atom. The molecule has 0 radical (unpaired) electrons. The van der Waals surface area contributed by atoms with Crippen molar-refractivity contribution < 1.29 is 4.39 Å². The number of nitrogens with zero attached hydrogens (tertiary/aromatic N) is 2. The van der Waals surface area contributed by atoms with Gasteiger partial charge in [-0.15, -0.1) is 0 Å². The Balaban J connectivity index is 2.26. The number of nitrogens with one attached hydrogen (secondary N) is 1. The van der Waals surface area contributed by atoms with Gasteiger partial charge in [0.05, 0.1) is 28.8 Å². The van der Waals surface area contributed by atoms with E-state index in [1.165, 1.54) is 6.07 Å². The van der Waals surface area contributed by atoms with Crippen molar-refractivity contribution in [1.29, 1.82) is 0 Å². The lowest BCUT2D eigenvalue weighted by Gasteiger charge is -2.35. The Hall–Kier alpha value is -1.84. The van der Waals surface area contributed by atoms with Crippen LogP contribution in [0.4, 0.5) is 10.1 Å². The quantitative estimate of drug-likeness (QED) is 0.892. The first-order chi connectivity index (χ1) is 9.03. The smallest absolute Gasteiger partial charge is 0.125 e. The van der Waals surface area contributed by atoms with Crippen molar-refractivity contribution in [3.63, 3.8) is 0 Å². The number of halogens is 1. The highest BCUT2D eigenvalue weighted by molar-refractivity contribution is 5.66. The van der Waals surface area contributed by atoms with Crippen molar-refractivity contribution in [2.45, 2.75) is 39.2 Å². The summed E-state index contributed by atoms with van der Waals surface area (Å²) >= 11 is 0. The Labute approximate surface area is 112 Å². The first kappa shape index (κ1) is 12.2. The summed E-state index contributed by atoms with van der Waals surface area (Å²) in [5, 5.41) is 3.45. The van der Waals surface area contributed by atoms with Crippen molar-refractivity contribution in [2.75, 3.05) is 5.32 Å². The van der Waals surface area contributed by atoms with Gasteiger partial charge in [-0.2, -0.15) is 0 Å². The maximum atomic E-state index is 13.5. The van der Waals surface area contributed by atoms with Crippen LogP contribution in [-0.4, -0.2) is 9.55 Å². The van der Waals surface area contributed by atoms with Crippen molar-refractivity contribution in [3.05, 3.63) is 41.7 Å². The molecule has 2 heterocycles. The minimum atomic E-state index is -0.220. The van der Waals surface area contributed by atoms with Crippen LogP contribution in [0.3, 0.4) is 0 Å². The summed E-state index contributed by atoms with van der Waals surface area (Å²) in [6.07, 6.45) is 3.81. The average Bonchev–Trinajstić information content (AvgIpc) is 2.76. The zero-order valence-electron chi connectivity index (χ0n) is 11.5. The van der Waals surface area contributed by atoms with Crippen molar-refractivity contribution in [2.24, 2.45) is 0 Å². The van der Waals surface area contributed by atoms with Crippen LogP contribution < -0.4 is 5.32 Å². The molecule has 0 saturated heterocycles. The molecule has 0 unspecified atom stereocenters. The maximum Gasteiger partial charge on any atom is 0.125 e. The second-order valence-electron chi connectivity index (χ2n) is 5.56. The SMILES string of the molecule is CCCc1ncc2n1-c1cc(F)ccc1NC2(C)C. The van der Waals surface area contributed by atoms with E-state index in [0.29, 0.717) is 0 Å². The molecule has 0 aliphatic carbocycles. The molecular formula is C15H18FN3. The molecule has 0 spiro atoms. The number of benzene rings is 1. The molecule has 2 aromatic rings. The van der Waals surface area contributed by atoms with Crippen molar-refractivity contribution in [3.8, 4) is 5.69 Å². The van der Waals surface area contributed by atoms with Gasteiger partial charge in [0.25, 0.3) is 0 Å². The van der Waals surface area contributed by atoms with E-state index in [1.807, 2.05) is 6.20 Å².